The number of benzene rings is 2. The van der Waals surface area contributed by atoms with Crippen molar-refractivity contribution in [3.8, 4) is 22.9 Å². The fraction of sp³-hybridized carbons (Fsp3) is 0.208. The molecule has 0 spiro atoms. The van der Waals surface area contributed by atoms with Gasteiger partial charge in [0.1, 0.15) is 11.2 Å². The Kier molecular flexibility index (Phi) is 4.89. The Balaban J connectivity index is 1.66. The Morgan fingerprint density at radius 2 is 1.72 bits per heavy atom. The Bertz CT molecular complexity index is 1380. The van der Waals surface area contributed by atoms with Gasteiger partial charge in [-0.05, 0) is 47.9 Å². The van der Waals surface area contributed by atoms with Crippen molar-refractivity contribution in [3.05, 3.63) is 70.4 Å². The third-order valence-electron chi connectivity index (χ3n) is 5.61. The van der Waals surface area contributed by atoms with Crippen molar-refractivity contribution in [2.75, 3.05) is 21.3 Å². The van der Waals surface area contributed by atoms with Crippen molar-refractivity contribution in [2.24, 2.45) is 0 Å². The lowest BCUT2D eigenvalue weighted by Crippen LogP contribution is -2.20. The summed E-state index contributed by atoms with van der Waals surface area (Å²) in [6.45, 7) is 0.573. The lowest BCUT2D eigenvalue weighted by atomic mass is 10.1. The van der Waals surface area contributed by atoms with Crippen LogP contribution in [0, 0.1) is 0 Å². The van der Waals surface area contributed by atoms with Gasteiger partial charge in [0, 0.05) is 6.54 Å². The third kappa shape index (κ3) is 3.11. The number of hydrogen-bond acceptors (Lipinski definition) is 6. The Morgan fingerprint density at radius 1 is 1.00 bits per heavy atom. The van der Waals surface area contributed by atoms with Crippen LogP contribution in [0.5, 0.6) is 17.2 Å². The molecule has 2 aromatic carbocycles. The predicted octanol–water partition coefficient (Wildman–Crippen LogP) is 3.55. The molecule has 4 aromatic rings. The van der Waals surface area contributed by atoms with E-state index in [9.17, 15) is 4.79 Å². The van der Waals surface area contributed by atoms with E-state index in [1.807, 2.05) is 48.5 Å². The molecule has 0 aliphatic carbocycles. The van der Waals surface area contributed by atoms with Gasteiger partial charge in [-0.25, -0.2) is 9.67 Å². The van der Waals surface area contributed by atoms with Crippen LogP contribution in [0.2, 0.25) is 0 Å². The summed E-state index contributed by atoms with van der Waals surface area (Å²) in [5, 5.41) is 4.92. The van der Waals surface area contributed by atoms with Gasteiger partial charge in [0.2, 0.25) is 5.75 Å². The van der Waals surface area contributed by atoms with E-state index in [2.05, 4.69) is 5.10 Å². The Morgan fingerprint density at radius 3 is 2.38 bits per heavy atom. The van der Waals surface area contributed by atoms with Crippen LogP contribution < -0.4 is 19.8 Å². The van der Waals surface area contributed by atoms with Crippen LogP contribution in [-0.4, -0.2) is 40.7 Å². The molecule has 2 aromatic heterocycles. The summed E-state index contributed by atoms with van der Waals surface area (Å²) in [6, 6.07) is 13.4. The van der Waals surface area contributed by atoms with Crippen molar-refractivity contribution >= 4 is 22.7 Å². The van der Waals surface area contributed by atoms with Crippen LogP contribution in [-0.2, 0) is 6.54 Å². The molecular formula is C24H22N4O4. The lowest BCUT2D eigenvalue weighted by molar-refractivity contribution is 0.324. The maximum absolute atomic E-state index is 13.1. The first-order valence-electron chi connectivity index (χ1n) is 10.2. The lowest BCUT2D eigenvalue weighted by Gasteiger charge is -2.13. The highest BCUT2D eigenvalue weighted by molar-refractivity contribution is 5.84. The monoisotopic (exact) mass is 430 g/mol. The third-order valence-corrected chi connectivity index (χ3v) is 5.61. The van der Waals surface area contributed by atoms with E-state index in [1.165, 1.54) is 0 Å². The summed E-state index contributed by atoms with van der Waals surface area (Å²) in [4.78, 5) is 18.0. The summed E-state index contributed by atoms with van der Waals surface area (Å²) >= 11 is 0. The van der Waals surface area contributed by atoms with E-state index in [-0.39, 0.29) is 5.56 Å². The van der Waals surface area contributed by atoms with Crippen LogP contribution >= 0.6 is 0 Å². The van der Waals surface area contributed by atoms with Gasteiger partial charge in [-0.15, -0.1) is 0 Å². The summed E-state index contributed by atoms with van der Waals surface area (Å²) in [6.07, 6.45) is 4.29. The highest BCUT2D eigenvalue weighted by Gasteiger charge is 2.23. The molecule has 0 fully saturated rings. The number of ether oxygens (including phenoxy) is 3. The molecule has 32 heavy (non-hydrogen) atoms. The molecule has 162 valence electrons. The number of rotatable bonds is 5. The van der Waals surface area contributed by atoms with Gasteiger partial charge < -0.3 is 14.2 Å². The largest absolute Gasteiger partial charge is 0.493 e. The summed E-state index contributed by atoms with van der Waals surface area (Å²) < 4.78 is 19.8. The van der Waals surface area contributed by atoms with Crippen molar-refractivity contribution in [3.63, 3.8) is 0 Å². The second-order valence-corrected chi connectivity index (χ2v) is 7.40. The molecule has 0 saturated heterocycles. The van der Waals surface area contributed by atoms with Crippen LogP contribution in [0.3, 0.4) is 0 Å². The van der Waals surface area contributed by atoms with Crippen LogP contribution in [0.15, 0.2) is 53.5 Å². The number of aromatic nitrogens is 4. The minimum absolute atomic E-state index is 0.0829. The standard InChI is InChI=1S/C24H22N4O4/c1-30-19-12-15(13-20(31-2)21(19)32-3)11-16-9-10-27-22(16)26-23-18(24(27)29)14-25-28(23)17-7-5-4-6-8-17/h4-8,11-14H,9-10H2,1-3H3/b16-11+. The molecule has 8 heteroatoms. The first-order valence-corrected chi connectivity index (χ1v) is 10.2. The number of allylic oxidation sites excluding steroid dienone is 1. The topological polar surface area (TPSA) is 80.4 Å². The zero-order valence-corrected chi connectivity index (χ0v) is 18.0. The second kappa shape index (κ2) is 7.88. The van der Waals surface area contributed by atoms with Gasteiger partial charge in [-0.1, -0.05) is 18.2 Å². The van der Waals surface area contributed by atoms with Gasteiger partial charge in [-0.2, -0.15) is 5.10 Å². The van der Waals surface area contributed by atoms with Crippen LogP contribution in [0.1, 0.15) is 17.8 Å². The van der Waals surface area contributed by atoms with Gasteiger partial charge in [0.05, 0.1) is 33.2 Å². The highest BCUT2D eigenvalue weighted by Crippen LogP contribution is 2.39. The van der Waals surface area contributed by atoms with Gasteiger partial charge in [0.15, 0.2) is 17.1 Å². The first-order chi connectivity index (χ1) is 15.6. The van der Waals surface area contributed by atoms with Crippen molar-refractivity contribution in [1.29, 1.82) is 0 Å². The van der Waals surface area contributed by atoms with Gasteiger partial charge in [0.25, 0.3) is 5.56 Å². The summed E-state index contributed by atoms with van der Waals surface area (Å²) in [7, 11) is 4.74. The van der Waals surface area contributed by atoms with E-state index in [4.69, 9.17) is 19.2 Å². The maximum Gasteiger partial charge on any atom is 0.264 e. The molecule has 0 bridgehead atoms. The SMILES string of the molecule is COc1cc(/C=C2\CCn3c2nc2c(cnn2-c2ccccc2)c3=O)cc(OC)c1OC. The molecule has 0 saturated carbocycles. The number of para-hydroxylation sites is 1. The van der Waals surface area contributed by atoms with Crippen LogP contribution in [0.4, 0.5) is 0 Å². The number of methoxy groups -OCH3 is 3. The quantitative estimate of drug-likeness (QED) is 0.482. The summed E-state index contributed by atoms with van der Waals surface area (Å²) in [5.74, 6) is 2.32. The molecule has 0 N–H and O–H groups in total. The first kappa shape index (κ1) is 19.9. The minimum Gasteiger partial charge on any atom is -0.493 e. The smallest absolute Gasteiger partial charge is 0.264 e. The van der Waals surface area contributed by atoms with E-state index < -0.39 is 0 Å². The number of fused-ring (bicyclic) bond motifs is 2. The van der Waals surface area contributed by atoms with Crippen molar-refractivity contribution in [1.82, 2.24) is 19.3 Å². The highest BCUT2D eigenvalue weighted by atomic mass is 16.5. The normalized spacial score (nSPS) is 14.0. The van der Waals surface area contributed by atoms with Crippen molar-refractivity contribution in [2.45, 2.75) is 13.0 Å². The van der Waals surface area contributed by atoms with E-state index in [0.29, 0.717) is 47.1 Å². The predicted molar refractivity (Wildman–Crippen MR) is 122 cm³/mol. The van der Waals surface area contributed by atoms with Gasteiger partial charge in [-0.3, -0.25) is 9.36 Å². The number of hydrogen-bond donors (Lipinski definition) is 0. The zero-order valence-electron chi connectivity index (χ0n) is 18.0. The average molecular weight is 430 g/mol. The van der Waals surface area contributed by atoms with Gasteiger partial charge >= 0.3 is 0 Å². The second-order valence-electron chi connectivity index (χ2n) is 7.40. The fourth-order valence-corrected chi connectivity index (χ4v) is 4.08. The fourth-order valence-electron chi connectivity index (χ4n) is 4.08. The summed E-state index contributed by atoms with van der Waals surface area (Å²) in [5.41, 5.74) is 3.14. The molecule has 0 unspecified atom stereocenters. The van der Waals surface area contributed by atoms with E-state index >= 15 is 0 Å². The molecule has 1 aliphatic heterocycles. The molecule has 1 aliphatic rings. The van der Waals surface area contributed by atoms with Crippen LogP contribution in [0.25, 0.3) is 28.4 Å². The minimum atomic E-state index is -0.0829. The van der Waals surface area contributed by atoms with Crippen molar-refractivity contribution < 1.29 is 14.2 Å². The maximum atomic E-state index is 13.1. The van der Waals surface area contributed by atoms with E-state index in [0.717, 1.165) is 16.8 Å². The molecule has 8 nitrogen and oxygen atoms in total. The molecule has 0 atom stereocenters. The molecule has 5 rings (SSSR count). The molecule has 3 heterocycles. The number of nitrogens with zero attached hydrogens (tertiary/aromatic N) is 4. The Labute approximate surface area is 184 Å². The zero-order chi connectivity index (χ0) is 22.2. The molecular weight excluding hydrogens is 408 g/mol. The molecule has 0 amide bonds. The van der Waals surface area contributed by atoms with E-state index in [1.54, 1.807) is 36.8 Å². The molecule has 0 radical (unpaired) electrons. The average Bonchev–Trinajstić information content (AvgIpc) is 3.44. The Hall–Kier alpha value is -4.07.